The van der Waals surface area contributed by atoms with Gasteiger partial charge in [-0.05, 0) is 16.7 Å². The Morgan fingerprint density at radius 1 is 0.652 bits per heavy atom. The number of carbonyl (C=O) groups excluding carboxylic acids is 1. The lowest BCUT2D eigenvalue weighted by Gasteiger charge is -2.36. The molecule has 0 aliphatic carbocycles. The van der Waals surface area contributed by atoms with Crippen molar-refractivity contribution in [3.8, 4) is 0 Å². The molecule has 0 heterocycles. The van der Waals surface area contributed by atoms with E-state index in [9.17, 15) is 9.90 Å². The first-order valence-corrected chi connectivity index (χ1v) is 7.60. The second kappa shape index (κ2) is 6.49. The molecule has 114 valence electrons. The lowest BCUT2D eigenvalue weighted by molar-refractivity contribution is -0.306. The van der Waals surface area contributed by atoms with Crippen molar-refractivity contribution in [3.63, 3.8) is 0 Å². The summed E-state index contributed by atoms with van der Waals surface area (Å²) >= 11 is 0. The van der Waals surface area contributed by atoms with Crippen LogP contribution in [0.3, 0.4) is 0 Å². The van der Waals surface area contributed by atoms with E-state index in [4.69, 9.17) is 0 Å². The molecule has 0 fully saturated rings. The van der Waals surface area contributed by atoms with Gasteiger partial charge in [0.05, 0.1) is 5.41 Å². The fourth-order valence-electron chi connectivity index (χ4n) is 3.19. The molecule has 0 saturated carbocycles. The lowest BCUT2D eigenvalue weighted by atomic mass is 9.67. The van der Waals surface area contributed by atoms with E-state index in [1.165, 1.54) is 0 Å². The van der Waals surface area contributed by atoms with Gasteiger partial charge in [-0.3, -0.25) is 0 Å². The van der Waals surface area contributed by atoms with Crippen LogP contribution in [0, 0.1) is 0 Å². The van der Waals surface area contributed by atoms with Crippen LogP contribution in [0.1, 0.15) is 23.1 Å². The summed E-state index contributed by atoms with van der Waals surface area (Å²) in [7, 11) is 0. The molecular weight excluding hydrogens is 284 g/mol. The van der Waals surface area contributed by atoms with Gasteiger partial charge < -0.3 is 9.90 Å². The first-order chi connectivity index (χ1) is 11.2. The SMILES string of the molecule is O=C([O-])CC(c1ccccc1)(c1ccccc1)c1ccccc1. The maximum absolute atomic E-state index is 11.6. The minimum atomic E-state index is -1.07. The summed E-state index contributed by atoms with van der Waals surface area (Å²) in [4.78, 5) is 11.6. The highest BCUT2D eigenvalue weighted by Gasteiger charge is 2.36. The van der Waals surface area contributed by atoms with Crippen molar-refractivity contribution in [1.82, 2.24) is 0 Å². The number of benzene rings is 3. The van der Waals surface area contributed by atoms with E-state index in [0.717, 1.165) is 16.7 Å². The third-order valence-corrected chi connectivity index (χ3v) is 4.21. The Morgan fingerprint density at radius 2 is 0.957 bits per heavy atom. The molecule has 0 N–H and O–H groups in total. The van der Waals surface area contributed by atoms with E-state index >= 15 is 0 Å². The van der Waals surface area contributed by atoms with Gasteiger partial charge >= 0.3 is 0 Å². The minimum Gasteiger partial charge on any atom is -0.550 e. The van der Waals surface area contributed by atoms with Gasteiger partial charge in [-0.25, -0.2) is 0 Å². The smallest absolute Gasteiger partial charge is 0.0503 e. The van der Waals surface area contributed by atoms with Gasteiger partial charge in [0.15, 0.2) is 0 Å². The summed E-state index contributed by atoms with van der Waals surface area (Å²) in [5, 5.41) is 11.6. The first kappa shape index (κ1) is 15.0. The van der Waals surface area contributed by atoms with E-state index in [2.05, 4.69) is 0 Å². The Hall–Kier alpha value is -2.87. The molecule has 2 nitrogen and oxygen atoms in total. The summed E-state index contributed by atoms with van der Waals surface area (Å²) < 4.78 is 0. The molecular formula is C21H17O2-. The van der Waals surface area contributed by atoms with Crippen molar-refractivity contribution in [2.45, 2.75) is 11.8 Å². The van der Waals surface area contributed by atoms with Crippen LogP contribution in [-0.4, -0.2) is 5.97 Å². The molecule has 0 saturated heterocycles. The zero-order chi connectivity index (χ0) is 16.1. The molecule has 3 rings (SSSR count). The average Bonchev–Trinajstić information content (AvgIpc) is 2.62. The molecule has 0 bridgehead atoms. The standard InChI is InChI=1S/C21H18O2/c22-20(23)16-21(17-10-4-1-5-11-17,18-12-6-2-7-13-18)19-14-8-3-9-15-19/h1-15H,16H2,(H,22,23)/p-1. The largest absolute Gasteiger partial charge is 0.550 e. The predicted octanol–water partition coefficient (Wildman–Crippen LogP) is 3.16. The van der Waals surface area contributed by atoms with Crippen molar-refractivity contribution in [3.05, 3.63) is 108 Å². The fraction of sp³-hybridized carbons (Fsp3) is 0.0952. The Bertz CT molecular complexity index is 668. The second-order valence-corrected chi connectivity index (χ2v) is 5.55. The van der Waals surface area contributed by atoms with Crippen molar-refractivity contribution in [1.29, 1.82) is 0 Å². The van der Waals surface area contributed by atoms with Crippen LogP contribution in [-0.2, 0) is 10.2 Å². The number of rotatable bonds is 5. The van der Waals surface area contributed by atoms with Crippen molar-refractivity contribution in [2.24, 2.45) is 0 Å². The lowest BCUT2D eigenvalue weighted by Crippen LogP contribution is -2.37. The van der Waals surface area contributed by atoms with E-state index in [-0.39, 0.29) is 6.42 Å². The summed E-state index contributed by atoms with van der Waals surface area (Å²) in [6.07, 6.45) is -0.106. The highest BCUT2D eigenvalue weighted by Crippen LogP contribution is 2.41. The van der Waals surface area contributed by atoms with Gasteiger partial charge in [0.25, 0.3) is 0 Å². The highest BCUT2D eigenvalue weighted by molar-refractivity contribution is 5.71. The zero-order valence-electron chi connectivity index (χ0n) is 12.7. The van der Waals surface area contributed by atoms with Crippen LogP contribution in [0.4, 0.5) is 0 Å². The van der Waals surface area contributed by atoms with E-state index in [1.807, 2.05) is 91.0 Å². The number of hydrogen-bond donors (Lipinski definition) is 0. The molecule has 0 radical (unpaired) electrons. The predicted molar refractivity (Wildman–Crippen MR) is 88.8 cm³/mol. The highest BCUT2D eigenvalue weighted by atomic mass is 16.4. The van der Waals surface area contributed by atoms with Gasteiger partial charge in [0, 0.05) is 12.4 Å². The van der Waals surface area contributed by atoms with E-state index in [1.54, 1.807) is 0 Å². The number of aliphatic carboxylic acids is 1. The van der Waals surface area contributed by atoms with Crippen molar-refractivity contribution in [2.75, 3.05) is 0 Å². The van der Waals surface area contributed by atoms with Crippen LogP contribution >= 0.6 is 0 Å². The van der Waals surface area contributed by atoms with Gasteiger partial charge in [-0.1, -0.05) is 91.0 Å². The third-order valence-electron chi connectivity index (χ3n) is 4.21. The quantitative estimate of drug-likeness (QED) is 0.679. The zero-order valence-corrected chi connectivity index (χ0v) is 12.7. The summed E-state index contributed by atoms with van der Waals surface area (Å²) in [6.45, 7) is 0. The van der Waals surface area contributed by atoms with Crippen LogP contribution in [0.25, 0.3) is 0 Å². The topological polar surface area (TPSA) is 40.1 Å². The Balaban J connectivity index is 2.32. The minimum absolute atomic E-state index is 0.106. The molecule has 3 aromatic rings. The van der Waals surface area contributed by atoms with Crippen molar-refractivity contribution >= 4 is 5.97 Å². The maximum atomic E-state index is 11.6. The maximum Gasteiger partial charge on any atom is 0.0503 e. The Labute approximate surface area is 136 Å². The van der Waals surface area contributed by atoms with E-state index in [0.29, 0.717) is 0 Å². The number of carboxylic acids is 1. The molecule has 2 heteroatoms. The number of carbonyl (C=O) groups is 1. The molecule has 0 amide bonds. The molecule has 0 atom stereocenters. The van der Waals surface area contributed by atoms with Crippen LogP contribution < -0.4 is 5.11 Å². The normalized spacial score (nSPS) is 11.1. The van der Waals surface area contributed by atoms with Crippen LogP contribution in [0.2, 0.25) is 0 Å². The first-order valence-electron chi connectivity index (χ1n) is 7.60. The second-order valence-electron chi connectivity index (χ2n) is 5.55. The Kier molecular flexibility index (Phi) is 4.24. The molecule has 0 spiro atoms. The third kappa shape index (κ3) is 2.88. The van der Waals surface area contributed by atoms with Gasteiger partial charge in [0.2, 0.25) is 0 Å². The van der Waals surface area contributed by atoms with E-state index < -0.39 is 11.4 Å². The van der Waals surface area contributed by atoms with Gasteiger partial charge in [0.1, 0.15) is 0 Å². The average molecular weight is 301 g/mol. The molecule has 0 aliphatic rings. The molecule has 0 unspecified atom stereocenters. The molecule has 0 aliphatic heterocycles. The monoisotopic (exact) mass is 301 g/mol. The Morgan fingerprint density at radius 3 is 1.22 bits per heavy atom. The number of carboxylic acid groups (broad SMARTS) is 1. The van der Waals surface area contributed by atoms with Crippen LogP contribution in [0.5, 0.6) is 0 Å². The van der Waals surface area contributed by atoms with Crippen LogP contribution in [0.15, 0.2) is 91.0 Å². The summed E-state index contributed by atoms with van der Waals surface area (Å²) in [5.74, 6) is -1.07. The molecule has 3 aromatic carbocycles. The fourth-order valence-corrected chi connectivity index (χ4v) is 3.19. The van der Waals surface area contributed by atoms with Gasteiger partial charge in [-0.15, -0.1) is 0 Å². The van der Waals surface area contributed by atoms with Gasteiger partial charge in [-0.2, -0.15) is 0 Å². The number of hydrogen-bond acceptors (Lipinski definition) is 2. The molecule has 23 heavy (non-hydrogen) atoms. The summed E-state index contributed by atoms with van der Waals surface area (Å²) in [6, 6.07) is 29.3. The summed E-state index contributed by atoms with van der Waals surface area (Å²) in [5.41, 5.74) is 2.08. The molecule has 0 aromatic heterocycles. The van der Waals surface area contributed by atoms with Crippen molar-refractivity contribution < 1.29 is 9.90 Å².